The third kappa shape index (κ3) is 4.84. The molecule has 5 heteroatoms. The molecule has 0 aromatic heterocycles. The van der Waals surface area contributed by atoms with Crippen LogP contribution in [0.4, 0.5) is 0 Å². The summed E-state index contributed by atoms with van der Waals surface area (Å²) < 4.78 is 29.8. The maximum atomic E-state index is 12.2. The second-order valence-electron chi connectivity index (χ2n) is 5.33. The molecule has 4 nitrogen and oxygen atoms in total. The number of benzene rings is 1. The molecule has 108 valence electrons. The van der Waals surface area contributed by atoms with Crippen molar-refractivity contribution in [1.82, 2.24) is 0 Å². The zero-order valence-electron chi connectivity index (χ0n) is 12.0. The molecule has 0 amide bonds. The van der Waals surface area contributed by atoms with E-state index in [4.69, 9.17) is 10.5 Å². The van der Waals surface area contributed by atoms with Gasteiger partial charge in [-0.3, -0.25) is 0 Å². The average molecular weight is 285 g/mol. The number of hydrogen-bond acceptors (Lipinski definition) is 4. The Bertz CT molecular complexity index is 492. The first-order chi connectivity index (χ1) is 8.72. The molecule has 19 heavy (non-hydrogen) atoms. The summed E-state index contributed by atoms with van der Waals surface area (Å²) in [5.74, 6) is 0.773. The minimum absolute atomic E-state index is 0.0327. The lowest BCUT2D eigenvalue weighted by atomic mass is 10.1. The minimum atomic E-state index is -3.33. The molecule has 2 N–H and O–H groups in total. The van der Waals surface area contributed by atoms with Crippen LogP contribution in [0.3, 0.4) is 0 Å². The fourth-order valence-corrected chi connectivity index (χ4v) is 3.17. The highest BCUT2D eigenvalue weighted by atomic mass is 32.2. The van der Waals surface area contributed by atoms with Gasteiger partial charge in [-0.15, -0.1) is 0 Å². The first-order valence-electron chi connectivity index (χ1n) is 6.47. The van der Waals surface area contributed by atoms with Gasteiger partial charge >= 0.3 is 0 Å². The van der Waals surface area contributed by atoms with Crippen molar-refractivity contribution in [3.8, 4) is 5.75 Å². The Hall–Kier alpha value is -1.07. The van der Waals surface area contributed by atoms with Gasteiger partial charge in [0.1, 0.15) is 5.75 Å². The van der Waals surface area contributed by atoms with Gasteiger partial charge in [0.05, 0.1) is 16.8 Å². The molecule has 1 aromatic rings. The van der Waals surface area contributed by atoms with Crippen LogP contribution in [0.15, 0.2) is 29.2 Å². The van der Waals surface area contributed by atoms with Gasteiger partial charge in [0, 0.05) is 6.04 Å². The molecule has 1 aromatic carbocycles. The Morgan fingerprint density at radius 3 is 2.05 bits per heavy atom. The van der Waals surface area contributed by atoms with Crippen LogP contribution < -0.4 is 10.5 Å². The molecular formula is C14H23NO3S. The van der Waals surface area contributed by atoms with E-state index in [0.29, 0.717) is 10.6 Å². The zero-order valence-corrected chi connectivity index (χ0v) is 12.8. The molecule has 0 fully saturated rings. The van der Waals surface area contributed by atoms with E-state index in [0.717, 1.165) is 0 Å². The van der Waals surface area contributed by atoms with Gasteiger partial charge in [0.15, 0.2) is 9.84 Å². The molecule has 0 spiro atoms. The Balaban J connectivity index is 2.85. The number of sulfone groups is 1. The molecular weight excluding hydrogens is 262 g/mol. The third-order valence-corrected chi connectivity index (χ3v) is 4.64. The Kier molecular flexibility index (Phi) is 5.38. The van der Waals surface area contributed by atoms with Crippen molar-refractivity contribution >= 4 is 9.84 Å². The van der Waals surface area contributed by atoms with Crippen LogP contribution in [0.2, 0.25) is 0 Å². The molecule has 0 radical (unpaired) electrons. The quantitative estimate of drug-likeness (QED) is 0.870. The summed E-state index contributed by atoms with van der Waals surface area (Å²) >= 11 is 0. The molecule has 0 aliphatic carbocycles. The van der Waals surface area contributed by atoms with Gasteiger partial charge < -0.3 is 10.5 Å². The van der Waals surface area contributed by atoms with Crippen LogP contribution >= 0.6 is 0 Å². The SMILES string of the molecule is CC(C)Oc1ccc(S(=O)(=O)CC(N)C(C)C)cc1. The van der Waals surface area contributed by atoms with Gasteiger partial charge in [-0.25, -0.2) is 8.42 Å². The third-order valence-electron chi connectivity index (χ3n) is 2.82. The fraction of sp³-hybridized carbons (Fsp3) is 0.571. The molecule has 0 bridgehead atoms. The van der Waals surface area contributed by atoms with Crippen molar-refractivity contribution in [2.45, 2.75) is 44.7 Å². The second-order valence-corrected chi connectivity index (χ2v) is 7.36. The topological polar surface area (TPSA) is 69.4 Å². The van der Waals surface area contributed by atoms with Crippen molar-refractivity contribution in [1.29, 1.82) is 0 Å². The van der Waals surface area contributed by atoms with Gasteiger partial charge in [-0.2, -0.15) is 0 Å². The zero-order chi connectivity index (χ0) is 14.6. The average Bonchev–Trinajstić information content (AvgIpc) is 2.28. The van der Waals surface area contributed by atoms with Gasteiger partial charge in [-0.1, -0.05) is 13.8 Å². The van der Waals surface area contributed by atoms with E-state index in [1.54, 1.807) is 24.3 Å². The maximum Gasteiger partial charge on any atom is 0.179 e. The van der Waals surface area contributed by atoms with E-state index in [1.807, 2.05) is 27.7 Å². The molecule has 1 rings (SSSR count). The fourth-order valence-electron chi connectivity index (χ4n) is 1.54. The lowest BCUT2D eigenvalue weighted by molar-refractivity contribution is 0.242. The lowest BCUT2D eigenvalue weighted by Gasteiger charge is -2.16. The number of hydrogen-bond donors (Lipinski definition) is 1. The highest BCUT2D eigenvalue weighted by Crippen LogP contribution is 2.19. The smallest absolute Gasteiger partial charge is 0.179 e. The molecule has 1 atom stereocenters. The highest BCUT2D eigenvalue weighted by molar-refractivity contribution is 7.91. The number of rotatable bonds is 6. The molecule has 0 saturated carbocycles. The standard InChI is InChI=1S/C14H23NO3S/c1-10(2)14(15)9-19(16,17)13-7-5-12(6-8-13)18-11(3)4/h5-8,10-11,14H,9,15H2,1-4H3. The van der Waals surface area contributed by atoms with Crippen LogP contribution in [-0.4, -0.2) is 26.3 Å². The highest BCUT2D eigenvalue weighted by Gasteiger charge is 2.20. The number of ether oxygens (including phenoxy) is 1. The van der Waals surface area contributed by atoms with E-state index in [2.05, 4.69) is 0 Å². The van der Waals surface area contributed by atoms with E-state index in [9.17, 15) is 8.42 Å². The number of nitrogens with two attached hydrogens (primary N) is 1. The Labute approximate surface area is 115 Å². The van der Waals surface area contributed by atoms with Crippen molar-refractivity contribution in [2.24, 2.45) is 11.7 Å². The van der Waals surface area contributed by atoms with E-state index >= 15 is 0 Å². The Morgan fingerprint density at radius 2 is 1.63 bits per heavy atom. The minimum Gasteiger partial charge on any atom is -0.491 e. The molecule has 0 aliphatic heterocycles. The van der Waals surface area contributed by atoms with E-state index in [-0.39, 0.29) is 23.8 Å². The largest absolute Gasteiger partial charge is 0.491 e. The maximum absolute atomic E-state index is 12.2. The van der Waals surface area contributed by atoms with Gasteiger partial charge in [0.25, 0.3) is 0 Å². The lowest BCUT2D eigenvalue weighted by Crippen LogP contribution is -2.34. The Morgan fingerprint density at radius 1 is 1.11 bits per heavy atom. The summed E-state index contributed by atoms with van der Waals surface area (Å²) in [6.07, 6.45) is 0.0665. The van der Waals surface area contributed by atoms with Crippen LogP contribution in [-0.2, 0) is 9.84 Å². The van der Waals surface area contributed by atoms with Gasteiger partial charge in [0.2, 0.25) is 0 Å². The molecule has 0 aliphatic rings. The normalized spacial score (nSPS) is 13.8. The van der Waals surface area contributed by atoms with Crippen molar-refractivity contribution < 1.29 is 13.2 Å². The molecule has 0 saturated heterocycles. The van der Waals surface area contributed by atoms with Crippen molar-refractivity contribution in [3.05, 3.63) is 24.3 Å². The summed E-state index contributed by atoms with van der Waals surface area (Å²) in [7, 11) is -3.33. The molecule has 0 heterocycles. The van der Waals surface area contributed by atoms with Crippen molar-refractivity contribution in [2.75, 3.05) is 5.75 Å². The van der Waals surface area contributed by atoms with E-state index in [1.165, 1.54) is 0 Å². The van der Waals surface area contributed by atoms with Crippen LogP contribution in [0.1, 0.15) is 27.7 Å². The summed E-state index contributed by atoms with van der Waals surface area (Å²) in [5.41, 5.74) is 5.83. The summed E-state index contributed by atoms with van der Waals surface area (Å²) in [6, 6.07) is 6.14. The van der Waals surface area contributed by atoms with Crippen LogP contribution in [0.5, 0.6) is 5.75 Å². The van der Waals surface area contributed by atoms with Crippen LogP contribution in [0, 0.1) is 5.92 Å². The predicted octanol–water partition coefficient (Wildman–Crippen LogP) is 2.23. The van der Waals surface area contributed by atoms with Gasteiger partial charge in [-0.05, 0) is 44.0 Å². The first kappa shape index (κ1) is 16.0. The predicted molar refractivity (Wildman–Crippen MR) is 77.1 cm³/mol. The summed E-state index contributed by atoms with van der Waals surface area (Å²) in [6.45, 7) is 7.68. The van der Waals surface area contributed by atoms with E-state index < -0.39 is 9.84 Å². The molecule has 1 unspecified atom stereocenters. The summed E-state index contributed by atoms with van der Waals surface area (Å²) in [4.78, 5) is 0.291. The van der Waals surface area contributed by atoms with Crippen molar-refractivity contribution in [3.63, 3.8) is 0 Å². The monoisotopic (exact) mass is 285 g/mol. The summed E-state index contributed by atoms with van der Waals surface area (Å²) in [5, 5.41) is 0. The first-order valence-corrected chi connectivity index (χ1v) is 8.12. The van der Waals surface area contributed by atoms with Crippen LogP contribution in [0.25, 0.3) is 0 Å². The second kappa shape index (κ2) is 6.39.